The van der Waals surface area contributed by atoms with Gasteiger partial charge in [-0.25, -0.2) is 4.79 Å². The smallest absolute Gasteiger partial charge is 0.312 e. The number of urea groups is 1. The van der Waals surface area contributed by atoms with Crippen molar-refractivity contribution >= 4 is 47.2 Å². The zero-order valence-corrected chi connectivity index (χ0v) is 29.0. The van der Waals surface area contributed by atoms with Crippen LogP contribution in [0.5, 0.6) is 0 Å². The van der Waals surface area contributed by atoms with Crippen LogP contribution in [0.2, 0.25) is 0 Å². The predicted octanol–water partition coefficient (Wildman–Crippen LogP) is -1.95. The van der Waals surface area contributed by atoms with Gasteiger partial charge >= 0.3 is 6.03 Å². The molecule has 2 rings (SSSR count). The molecule has 0 spiro atoms. The second-order valence-corrected chi connectivity index (χ2v) is 11.1. The molecule has 0 saturated heterocycles. The van der Waals surface area contributed by atoms with Crippen LogP contribution in [0.4, 0.5) is 10.5 Å². The third kappa shape index (κ3) is 19.4. The number of carbonyl (C=O) groups is 7. The molecule has 1 aliphatic rings. The van der Waals surface area contributed by atoms with Crippen LogP contribution in [-0.4, -0.2) is 137 Å². The highest BCUT2D eigenvalue weighted by Crippen LogP contribution is 2.11. The summed E-state index contributed by atoms with van der Waals surface area (Å²) in [5.41, 5.74) is 6.20. The van der Waals surface area contributed by atoms with E-state index in [1.165, 1.54) is 12.2 Å². The number of nitrogens with one attached hydrogen (secondary N) is 5. The summed E-state index contributed by atoms with van der Waals surface area (Å²) in [6, 6.07) is 4.86. The third-order valence-corrected chi connectivity index (χ3v) is 7.09. The van der Waals surface area contributed by atoms with E-state index in [0.717, 1.165) is 4.90 Å². The van der Waals surface area contributed by atoms with E-state index < -0.39 is 41.6 Å². The maximum atomic E-state index is 12.9. The summed E-state index contributed by atoms with van der Waals surface area (Å²) in [5.74, 6) is -2.64. The highest BCUT2D eigenvalue weighted by atomic mass is 16.6. The second-order valence-electron chi connectivity index (χ2n) is 11.1. The highest BCUT2D eigenvalue weighted by molar-refractivity contribution is 6.13. The Bertz CT molecular complexity index is 1320. The number of nitrogens with two attached hydrogens (primary N) is 1. The lowest BCUT2D eigenvalue weighted by molar-refractivity contribution is -0.137. The van der Waals surface area contributed by atoms with E-state index in [4.69, 9.17) is 24.7 Å². The number of primary amides is 1. The summed E-state index contributed by atoms with van der Waals surface area (Å²) in [7, 11) is 0. The first-order valence-electron chi connectivity index (χ1n) is 16.8. The molecule has 19 heteroatoms. The maximum absolute atomic E-state index is 12.9. The minimum atomic E-state index is -0.954. The number of carbonyl (C=O) groups excluding carboxylic acids is 7. The fraction of sp³-hybridized carbons (Fsp3) is 0.545. The van der Waals surface area contributed by atoms with Crippen LogP contribution < -0.4 is 32.3 Å². The molecule has 0 aliphatic carbocycles. The van der Waals surface area contributed by atoms with Gasteiger partial charge in [-0.15, -0.1) is 0 Å². The quantitative estimate of drug-likeness (QED) is 0.0366. The van der Waals surface area contributed by atoms with E-state index in [-0.39, 0.29) is 84.4 Å². The number of nitrogens with zero attached hydrogens (tertiary/aromatic N) is 1. The van der Waals surface area contributed by atoms with Gasteiger partial charge < -0.3 is 56.4 Å². The molecule has 1 aromatic rings. The topological polar surface area (TPSA) is 266 Å². The fourth-order valence-electron chi connectivity index (χ4n) is 4.36. The summed E-state index contributed by atoms with van der Waals surface area (Å²) < 4.78 is 21.6. The van der Waals surface area contributed by atoms with Crippen LogP contribution in [0, 0.1) is 0 Å². The minimum absolute atomic E-state index is 0.00490. The van der Waals surface area contributed by atoms with Gasteiger partial charge in [0, 0.05) is 50.3 Å². The Kier molecular flexibility index (Phi) is 21.5. The normalized spacial score (nSPS) is 12.8. The Hall–Kier alpha value is -4.95. The van der Waals surface area contributed by atoms with Gasteiger partial charge in [-0.1, -0.05) is 12.1 Å². The van der Waals surface area contributed by atoms with Crippen molar-refractivity contribution in [2.75, 3.05) is 84.4 Å². The number of imide groups is 1. The van der Waals surface area contributed by atoms with Crippen LogP contribution in [-0.2, 0) is 54.3 Å². The molecule has 1 aromatic carbocycles. The van der Waals surface area contributed by atoms with E-state index >= 15 is 0 Å². The lowest BCUT2D eigenvalue weighted by Gasteiger charge is -2.19. The SMILES string of the molecule is NC(=O)NCCCC(NC(=O)CNC(=O)CCOCCOCCOCCOCCNC(=O)CCN1C(=O)C=CC1=O)C(=O)Nc1ccc(CO)cc1. The van der Waals surface area contributed by atoms with Crippen molar-refractivity contribution in [3.63, 3.8) is 0 Å². The van der Waals surface area contributed by atoms with Crippen LogP contribution in [0.25, 0.3) is 0 Å². The van der Waals surface area contributed by atoms with Crippen LogP contribution >= 0.6 is 0 Å². The van der Waals surface area contributed by atoms with Crippen molar-refractivity contribution in [2.24, 2.45) is 5.73 Å². The van der Waals surface area contributed by atoms with Gasteiger partial charge in [0.25, 0.3) is 11.8 Å². The van der Waals surface area contributed by atoms with Crippen molar-refractivity contribution in [1.82, 2.24) is 26.2 Å². The van der Waals surface area contributed by atoms with Gasteiger partial charge in [0.1, 0.15) is 6.04 Å². The molecule has 0 fully saturated rings. The summed E-state index contributed by atoms with van der Waals surface area (Å²) in [4.78, 5) is 84.2. The second kappa shape index (κ2) is 25.9. The molecular formula is C33H49N7O12. The Labute approximate surface area is 301 Å². The predicted molar refractivity (Wildman–Crippen MR) is 184 cm³/mol. The number of hydrogen-bond acceptors (Lipinski definition) is 12. The molecule has 1 unspecified atom stereocenters. The molecule has 288 valence electrons. The molecule has 8 amide bonds. The van der Waals surface area contributed by atoms with Gasteiger partial charge in [-0.05, 0) is 30.5 Å². The molecule has 0 aromatic heterocycles. The molecule has 1 atom stereocenters. The number of aliphatic hydroxyl groups is 1. The first-order chi connectivity index (χ1) is 25.1. The van der Waals surface area contributed by atoms with E-state index in [1.54, 1.807) is 24.3 Å². The number of anilines is 1. The van der Waals surface area contributed by atoms with Crippen LogP contribution in [0.3, 0.4) is 0 Å². The maximum Gasteiger partial charge on any atom is 0.312 e. The minimum Gasteiger partial charge on any atom is -0.392 e. The first-order valence-corrected chi connectivity index (χ1v) is 16.8. The first kappa shape index (κ1) is 43.2. The molecule has 8 N–H and O–H groups in total. The van der Waals surface area contributed by atoms with Crippen molar-refractivity contribution in [1.29, 1.82) is 0 Å². The number of hydrogen-bond donors (Lipinski definition) is 7. The molecule has 1 heterocycles. The van der Waals surface area contributed by atoms with E-state index in [9.17, 15) is 38.7 Å². The number of benzene rings is 1. The number of aliphatic hydroxyl groups excluding tert-OH is 1. The zero-order chi connectivity index (χ0) is 38.0. The fourth-order valence-corrected chi connectivity index (χ4v) is 4.36. The Morgan fingerprint density at radius 3 is 1.88 bits per heavy atom. The Morgan fingerprint density at radius 1 is 0.712 bits per heavy atom. The molecule has 1 aliphatic heterocycles. The van der Waals surface area contributed by atoms with Crippen molar-refractivity contribution in [3.8, 4) is 0 Å². The molecule has 0 saturated carbocycles. The van der Waals surface area contributed by atoms with Crippen molar-refractivity contribution < 1.29 is 57.6 Å². The summed E-state index contributed by atoms with van der Waals surface area (Å²) >= 11 is 0. The third-order valence-electron chi connectivity index (χ3n) is 7.09. The molecular weight excluding hydrogens is 686 g/mol. The Balaban J connectivity index is 1.45. The Morgan fingerprint density at radius 2 is 1.29 bits per heavy atom. The van der Waals surface area contributed by atoms with Crippen LogP contribution in [0.15, 0.2) is 36.4 Å². The lowest BCUT2D eigenvalue weighted by Crippen LogP contribution is -2.47. The van der Waals surface area contributed by atoms with Crippen molar-refractivity contribution in [2.45, 2.75) is 38.3 Å². The average Bonchev–Trinajstić information content (AvgIpc) is 3.45. The summed E-state index contributed by atoms with van der Waals surface area (Å²) in [6.45, 7) is 2.22. The molecule has 19 nitrogen and oxygen atoms in total. The number of rotatable bonds is 28. The van der Waals surface area contributed by atoms with Crippen LogP contribution in [0.1, 0.15) is 31.2 Å². The van der Waals surface area contributed by atoms with Gasteiger partial charge in [-0.3, -0.25) is 33.7 Å². The highest BCUT2D eigenvalue weighted by Gasteiger charge is 2.24. The van der Waals surface area contributed by atoms with Crippen molar-refractivity contribution in [3.05, 3.63) is 42.0 Å². The van der Waals surface area contributed by atoms with E-state index in [2.05, 4.69) is 26.6 Å². The molecule has 52 heavy (non-hydrogen) atoms. The lowest BCUT2D eigenvalue weighted by atomic mass is 10.1. The molecule has 0 radical (unpaired) electrons. The summed E-state index contributed by atoms with van der Waals surface area (Å²) in [6.07, 6.45) is 2.90. The van der Waals surface area contributed by atoms with E-state index in [1.807, 2.05) is 0 Å². The largest absolute Gasteiger partial charge is 0.392 e. The zero-order valence-electron chi connectivity index (χ0n) is 29.0. The average molecular weight is 736 g/mol. The number of amides is 8. The van der Waals surface area contributed by atoms with E-state index in [0.29, 0.717) is 44.1 Å². The van der Waals surface area contributed by atoms with Gasteiger partial charge in [0.05, 0.1) is 66.0 Å². The van der Waals surface area contributed by atoms with Gasteiger partial charge in [0.2, 0.25) is 23.6 Å². The molecule has 0 bridgehead atoms. The summed E-state index contributed by atoms with van der Waals surface area (Å²) in [5, 5.41) is 22.0. The van der Waals surface area contributed by atoms with Gasteiger partial charge in [0.15, 0.2) is 0 Å². The number of ether oxygens (including phenoxy) is 4. The standard InChI is InChI=1S/C33H49N7O12/c34-33(48)36-11-1-2-26(32(47)38-25-5-3-24(23-41)4-6-25)39-29(44)22-37-28(43)10-14-49-16-18-51-20-21-52-19-17-50-15-12-35-27(42)9-13-40-30(45)7-8-31(40)46/h3-8,26,41H,1-2,9-23H2,(H,35,42)(H,37,43)(H,38,47)(H,39,44)(H3,34,36,48). The monoisotopic (exact) mass is 735 g/mol. The van der Waals surface area contributed by atoms with Gasteiger partial charge in [-0.2, -0.15) is 0 Å².